The second-order valence-electron chi connectivity index (χ2n) is 6.99. The first-order chi connectivity index (χ1) is 6.14. The Morgan fingerprint density at radius 2 is 1.14 bits per heavy atom. The van der Waals surface area contributed by atoms with Crippen LogP contribution in [0, 0.1) is 22.7 Å². The van der Waals surface area contributed by atoms with E-state index >= 15 is 0 Å². The smallest absolute Gasteiger partial charge is 0.0154 e. The van der Waals surface area contributed by atoms with Gasteiger partial charge in [0.1, 0.15) is 0 Å². The summed E-state index contributed by atoms with van der Waals surface area (Å²) in [6.07, 6.45) is 2.68. The van der Waals surface area contributed by atoms with Gasteiger partial charge in [0.15, 0.2) is 0 Å². The highest BCUT2D eigenvalue weighted by Gasteiger charge is 2.40. The fourth-order valence-corrected chi connectivity index (χ4v) is 2.93. The van der Waals surface area contributed by atoms with Gasteiger partial charge in [0.25, 0.3) is 0 Å². The molecule has 2 unspecified atom stereocenters. The topological polar surface area (TPSA) is 0 Å². The van der Waals surface area contributed by atoms with Crippen molar-refractivity contribution in [3.05, 3.63) is 12.2 Å². The fourth-order valence-electron chi connectivity index (χ4n) is 2.93. The maximum absolute atomic E-state index is 4.35. The quantitative estimate of drug-likeness (QED) is 0.492. The predicted octanol–water partition coefficient (Wildman–Crippen LogP) is 4.66. The van der Waals surface area contributed by atoms with Crippen molar-refractivity contribution in [1.82, 2.24) is 0 Å². The second kappa shape index (κ2) is 3.40. The molecule has 82 valence electrons. The van der Waals surface area contributed by atoms with Crippen molar-refractivity contribution in [2.75, 3.05) is 0 Å². The highest BCUT2D eigenvalue weighted by Crippen LogP contribution is 2.51. The maximum atomic E-state index is 4.35. The van der Waals surface area contributed by atoms with E-state index in [1.807, 2.05) is 0 Å². The van der Waals surface area contributed by atoms with Crippen LogP contribution in [-0.4, -0.2) is 0 Å². The van der Waals surface area contributed by atoms with E-state index in [1.165, 1.54) is 18.4 Å². The average Bonchev–Trinajstić information content (AvgIpc) is 2.26. The Hall–Kier alpha value is -0.260. The molecule has 0 heterocycles. The number of hydrogen-bond acceptors (Lipinski definition) is 0. The molecular formula is C14H26. The SMILES string of the molecule is C=C1C(C(C)(C)C)CCC1C(C)(C)C. The molecule has 1 aliphatic rings. The monoisotopic (exact) mass is 194 g/mol. The number of rotatable bonds is 0. The average molecular weight is 194 g/mol. The minimum absolute atomic E-state index is 0.400. The predicted molar refractivity (Wildman–Crippen MR) is 64.3 cm³/mol. The molecule has 0 N–H and O–H groups in total. The van der Waals surface area contributed by atoms with E-state index in [0.717, 1.165) is 11.8 Å². The van der Waals surface area contributed by atoms with Crippen LogP contribution in [-0.2, 0) is 0 Å². The lowest BCUT2D eigenvalue weighted by Crippen LogP contribution is -2.23. The molecule has 0 aromatic carbocycles. The molecule has 0 saturated heterocycles. The van der Waals surface area contributed by atoms with Crippen LogP contribution < -0.4 is 0 Å². The van der Waals surface area contributed by atoms with E-state index in [1.54, 1.807) is 0 Å². The Morgan fingerprint density at radius 1 is 0.857 bits per heavy atom. The molecule has 0 aromatic heterocycles. The molecule has 1 saturated carbocycles. The standard InChI is InChI=1S/C14H26/c1-10-11(13(2,3)4)8-9-12(10)14(5,6)7/h11-12H,1,8-9H2,2-7H3. The zero-order valence-corrected chi connectivity index (χ0v) is 10.8. The van der Waals surface area contributed by atoms with Gasteiger partial charge in [-0.2, -0.15) is 0 Å². The van der Waals surface area contributed by atoms with Crippen LogP contribution in [0.3, 0.4) is 0 Å². The Balaban J connectivity index is 2.80. The molecule has 0 aliphatic heterocycles. The van der Waals surface area contributed by atoms with Crippen LogP contribution in [0.2, 0.25) is 0 Å². The molecule has 0 aromatic rings. The van der Waals surface area contributed by atoms with Crippen LogP contribution >= 0.6 is 0 Å². The molecule has 0 amide bonds. The van der Waals surface area contributed by atoms with Gasteiger partial charge in [-0.25, -0.2) is 0 Å². The molecule has 1 rings (SSSR count). The Bertz CT molecular complexity index is 197. The lowest BCUT2D eigenvalue weighted by atomic mass is 9.72. The van der Waals surface area contributed by atoms with Gasteiger partial charge in [-0.05, 0) is 35.5 Å². The van der Waals surface area contributed by atoms with Gasteiger partial charge in [-0.3, -0.25) is 0 Å². The summed E-state index contributed by atoms with van der Waals surface area (Å²) in [5.41, 5.74) is 2.30. The Morgan fingerprint density at radius 3 is 1.29 bits per heavy atom. The first-order valence-corrected chi connectivity index (χ1v) is 5.82. The summed E-state index contributed by atoms with van der Waals surface area (Å²) >= 11 is 0. The zero-order valence-electron chi connectivity index (χ0n) is 10.8. The summed E-state index contributed by atoms with van der Waals surface area (Å²) in [5.74, 6) is 1.46. The van der Waals surface area contributed by atoms with Gasteiger partial charge in [0, 0.05) is 0 Å². The van der Waals surface area contributed by atoms with Crippen molar-refractivity contribution >= 4 is 0 Å². The largest absolute Gasteiger partial charge is 0.0993 e. The van der Waals surface area contributed by atoms with E-state index in [2.05, 4.69) is 48.1 Å². The van der Waals surface area contributed by atoms with Crippen LogP contribution in [0.5, 0.6) is 0 Å². The molecular weight excluding hydrogens is 168 g/mol. The summed E-state index contributed by atoms with van der Waals surface area (Å²) < 4.78 is 0. The third-order valence-electron chi connectivity index (χ3n) is 3.73. The molecule has 0 spiro atoms. The molecule has 0 radical (unpaired) electrons. The first-order valence-electron chi connectivity index (χ1n) is 5.82. The van der Waals surface area contributed by atoms with Crippen molar-refractivity contribution in [2.45, 2.75) is 54.4 Å². The van der Waals surface area contributed by atoms with Crippen LogP contribution in [0.25, 0.3) is 0 Å². The summed E-state index contributed by atoms with van der Waals surface area (Å²) in [7, 11) is 0. The van der Waals surface area contributed by atoms with Crippen molar-refractivity contribution in [3.8, 4) is 0 Å². The van der Waals surface area contributed by atoms with Crippen LogP contribution in [0.1, 0.15) is 54.4 Å². The zero-order chi connectivity index (χ0) is 11.1. The minimum Gasteiger partial charge on any atom is -0.0993 e. The molecule has 2 atom stereocenters. The normalized spacial score (nSPS) is 29.7. The van der Waals surface area contributed by atoms with Gasteiger partial charge in [-0.1, -0.05) is 53.7 Å². The third kappa shape index (κ3) is 2.21. The van der Waals surface area contributed by atoms with E-state index in [0.29, 0.717) is 10.8 Å². The van der Waals surface area contributed by atoms with Crippen molar-refractivity contribution in [2.24, 2.45) is 22.7 Å². The highest BCUT2D eigenvalue weighted by molar-refractivity contribution is 5.16. The van der Waals surface area contributed by atoms with E-state index in [9.17, 15) is 0 Å². The minimum atomic E-state index is 0.400. The van der Waals surface area contributed by atoms with Gasteiger partial charge in [-0.15, -0.1) is 0 Å². The highest BCUT2D eigenvalue weighted by atomic mass is 14.5. The van der Waals surface area contributed by atoms with E-state index < -0.39 is 0 Å². The van der Waals surface area contributed by atoms with Crippen molar-refractivity contribution < 1.29 is 0 Å². The molecule has 0 nitrogen and oxygen atoms in total. The van der Waals surface area contributed by atoms with E-state index in [4.69, 9.17) is 0 Å². The van der Waals surface area contributed by atoms with E-state index in [-0.39, 0.29) is 0 Å². The summed E-state index contributed by atoms with van der Waals surface area (Å²) in [5, 5.41) is 0. The molecule has 0 heteroatoms. The summed E-state index contributed by atoms with van der Waals surface area (Å²) in [4.78, 5) is 0. The summed E-state index contributed by atoms with van der Waals surface area (Å²) in [6.45, 7) is 18.4. The first kappa shape index (κ1) is 11.8. The Labute approximate surface area is 89.8 Å². The van der Waals surface area contributed by atoms with Crippen LogP contribution in [0.4, 0.5) is 0 Å². The molecule has 1 aliphatic carbocycles. The van der Waals surface area contributed by atoms with Gasteiger partial charge >= 0.3 is 0 Å². The van der Waals surface area contributed by atoms with Gasteiger partial charge in [0.05, 0.1) is 0 Å². The lowest BCUT2D eigenvalue weighted by Gasteiger charge is -2.33. The van der Waals surface area contributed by atoms with Crippen molar-refractivity contribution in [3.63, 3.8) is 0 Å². The molecule has 14 heavy (non-hydrogen) atoms. The number of hydrogen-bond donors (Lipinski definition) is 0. The van der Waals surface area contributed by atoms with Crippen molar-refractivity contribution in [1.29, 1.82) is 0 Å². The Kier molecular flexibility index (Phi) is 2.87. The molecule has 0 bridgehead atoms. The second-order valence-corrected chi connectivity index (χ2v) is 6.99. The number of allylic oxidation sites excluding steroid dienone is 1. The maximum Gasteiger partial charge on any atom is -0.0154 e. The summed E-state index contributed by atoms with van der Waals surface area (Å²) in [6, 6.07) is 0. The van der Waals surface area contributed by atoms with Gasteiger partial charge in [0.2, 0.25) is 0 Å². The fraction of sp³-hybridized carbons (Fsp3) is 0.857. The lowest BCUT2D eigenvalue weighted by molar-refractivity contribution is 0.268. The third-order valence-corrected chi connectivity index (χ3v) is 3.73. The van der Waals surface area contributed by atoms with Crippen LogP contribution in [0.15, 0.2) is 12.2 Å². The molecule has 1 fully saturated rings. The van der Waals surface area contributed by atoms with Gasteiger partial charge < -0.3 is 0 Å².